The summed E-state index contributed by atoms with van der Waals surface area (Å²) < 4.78 is 42.5. The molecule has 1 unspecified atom stereocenters. The lowest BCUT2D eigenvalue weighted by Crippen LogP contribution is -2.54. The second kappa shape index (κ2) is 10.1. The van der Waals surface area contributed by atoms with E-state index in [0.717, 1.165) is 11.1 Å². The topological polar surface area (TPSA) is 126 Å². The number of halogens is 3. The molecule has 1 saturated carbocycles. The summed E-state index contributed by atoms with van der Waals surface area (Å²) in [5.74, 6) is -2.59. The van der Waals surface area contributed by atoms with Gasteiger partial charge in [0.05, 0.1) is 29.1 Å². The van der Waals surface area contributed by atoms with Crippen LogP contribution in [0.25, 0.3) is 11.3 Å². The van der Waals surface area contributed by atoms with Gasteiger partial charge in [0.25, 0.3) is 18.2 Å². The van der Waals surface area contributed by atoms with Crippen molar-refractivity contribution in [2.24, 2.45) is 5.92 Å². The van der Waals surface area contributed by atoms with Crippen molar-refractivity contribution in [3.05, 3.63) is 64.9 Å². The molecule has 6 rings (SSSR count). The van der Waals surface area contributed by atoms with Crippen molar-refractivity contribution in [3.8, 4) is 11.3 Å². The van der Waals surface area contributed by atoms with E-state index >= 15 is 0 Å². The van der Waals surface area contributed by atoms with Crippen LogP contribution in [0.5, 0.6) is 0 Å². The Morgan fingerprint density at radius 2 is 1.83 bits per heavy atom. The first-order valence-corrected chi connectivity index (χ1v) is 13.2. The van der Waals surface area contributed by atoms with Gasteiger partial charge < -0.3 is 5.32 Å². The number of imide groups is 2. The third-order valence-electron chi connectivity index (χ3n) is 7.89. The fraction of sp³-hybridized carbons (Fsp3) is 0.357. The molecule has 3 aliphatic rings. The number of nitrogens with zero attached hydrogens (tertiary/aromatic N) is 4. The number of carbonyl (C=O) groups excluding carboxylic acids is 4. The minimum atomic E-state index is -2.81. The molecule has 0 bridgehead atoms. The predicted octanol–water partition coefficient (Wildman–Crippen LogP) is 3.79. The van der Waals surface area contributed by atoms with E-state index in [1.165, 1.54) is 16.8 Å². The molecule has 3 aromatic rings. The molecule has 1 aliphatic carbocycles. The molecule has 212 valence electrons. The molecule has 2 aliphatic heterocycles. The summed E-state index contributed by atoms with van der Waals surface area (Å²) in [6.45, 7) is 2.15. The van der Waals surface area contributed by atoms with Crippen LogP contribution in [0.3, 0.4) is 0 Å². The third-order valence-corrected chi connectivity index (χ3v) is 7.89. The molecule has 4 amide bonds. The number of hydrogen-bond acceptors (Lipinski definition) is 7. The van der Waals surface area contributed by atoms with Gasteiger partial charge in [-0.1, -0.05) is 0 Å². The number of anilines is 1. The van der Waals surface area contributed by atoms with Gasteiger partial charge in [0.2, 0.25) is 11.8 Å². The minimum Gasteiger partial charge on any atom is -0.385 e. The van der Waals surface area contributed by atoms with E-state index in [1.807, 2.05) is 0 Å². The molecule has 41 heavy (non-hydrogen) atoms. The zero-order valence-electron chi connectivity index (χ0n) is 21.9. The first kappa shape index (κ1) is 26.7. The van der Waals surface area contributed by atoms with E-state index in [4.69, 9.17) is 0 Å². The van der Waals surface area contributed by atoms with Gasteiger partial charge in [0, 0.05) is 30.4 Å². The maximum absolute atomic E-state index is 13.8. The van der Waals surface area contributed by atoms with Crippen molar-refractivity contribution < 1.29 is 32.3 Å². The van der Waals surface area contributed by atoms with Gasteiger partial charge >= 0.3 is 0 Å². The molecule has 0 spiro atoms. The molecule has 13 heteroatoms. The van der Waals surface area contributed by atoms with Crippen molar-refractivity contribution in [1.82, 2.24) is 25.0 Å². The lowest BCUT2D eigenvalue weighted by molar-refractivity contribution is -0.136. The van der Waals surface area contributed by atoms with Crippen LogP contribution in [-0.2, 0) is 9.59 Å². The van der Waals surface area contributed by atoms with E-state index < -0.39 is 47.6 Å². The first-order chi connectivity index (χ1) is 19.6. The van der Waals surface area contributed by atoms with Crippen LogP contribution >= 0.6 is 0 Å². The number of rotatable bonds is 7. The van der Waals surface area contributed by atoms with Gasteiger partial charge in [-0.25, -0.2) is 13.2 Å². The second-order valence-corrected chi connectivity index (χ2v) is 10.6. The summed E-state index contributed by atoms with van der Waals surface area (Å²) in [5.41, 5.74) is 1.51. The number of aryl methyl sites for hydroxylation is 1. The predicted molar refractivity (Wildman–Crippen MR) is 138 cm³/mol. The summed E-state index contributed by atoms with van der Waals surface area (Å²) in [5, 5.41) is 9.56. The average Bonchev–Trinajstić information content (AvgIpc) is 3.43. The molecule has 2 aromatic heterocycles. The van der Waals surface area contributed by atoms with Crippen LogP contribution in [0.15, 0.2) is 36.7 Å². The van der Waals surface area contributed by atoms with Crippen molar-refractivity contribution in [1.29, 1.82) is 0 Å². The first-order valence-electron chi connectivity index (χ1n) is 13.2. The van der Waals surface area contributed by atoms with Crippen LogP contribution in [0.2, 0.25) is 0 Å². The fourth-order valence-corrected chi connectivity index (χ4v) is 5.69. The fourth-order valence-electron chi connectivity index (χ4n) is 5.69. The van der Waals surface area contributed by atoms with Gasteiger partial charge in [0.15, 0.2) is 0 Å². The SMILES string of the molecule is Cc1cc(F)cnc1-c1cn([C@H]2C[C@H](CNc3ccc4c(c3)C(=O)N(C3CCC(=O)NC3=O)C4=O)C2)nc1C(F)F. The number of amides is 4. The van der Waals surface area contributed by atoms with Crippen LogP contribution in [0, 0.1) is 18.7 Å². The number of carbonyl (C=O) groups is 4. The van der Waals surface area contributed by atoms with Crippen LogP contribution < -0.4 is 10.6 Å². The Bertz CT molecular complexity index is 1600. The number of aromatic nitrogens is 3. The van der Waals surface area contributed by atoms with E-state index in [0.29, 0.717) is 30.6 Å². The lowest BCUT2D eigenvalue weighted by atomic mass is 9.80. The maximum Gasteiger partial charge on any atom is 0.282 e. The highest BCUT2D eigenvalue weighted by Crippen LogP contribution is 2.40. The van der Waals surface area contributed by atoms with Crippen LogP contribution in [0.4, 0.5) is 18.9 Å². The molecule has 2 fully saturated rings. The summed E-state index contributed by atoms with van der Waals surface area (Å²) in [6, 6.07) is 4.92. The Hall–Kier alpha value is -4.55. The van der Waals surface area contributed by atoms with Gasteiger partial charge in [-0.05, 0) is 61.9 Å². The number of pyridine rings is 1. The van der Waals surface area contributed by atoms with Gasteiger partial charge in [-0.2, -0.15) is 5.10 Å². The summed E-state index contributed by atoms with van der Waals surface area (Å²) >= 11 is 0. The molecule has 2 N–H and O–H groups in total. The highest BCUT2D eigenvalue weighted by molar-refractivity contribution is 6.23. The molecular weight excluding hydrogens is 541 g/mol. The number of piperidine rings is 1. The number of alkyl halides is 2. The number of fused-ring (bicyclic) bond motifs is 1. The summed E-state index contributed by atoms with van der Waals surface area (Å²) in [6.07, 6.45) is 1.22. The average molecular weight is 567 g/mol. The number of nitrogens with one attached hydrogen (secondary N) is 2. The molecule has 4 heterocycles. The number of hydrogen-bond donors (Lipinski definition) is 2. The van der Waals surface area contributed by atoms with Crippen molar-refractivity contribution in [2.45, 2.75) is 51.1 Å². The monoisotopic (exact) mass is 566 g/mol. The molecule has 1 saturated heterocycles. The largest absolute Gasteiger partial charge is 0.385 e. The smallest absolute Gasteiger partial charge is 0.282 e. The van der Waals surface area contributed by atoms with Gasteiger partial charge in [-0.3, -0.25) is 39.1 Å². The van der Waals surface area contributed by atoms with E-state index in [2.05, 4.69) is 20.7 Å². The molecule has 1 atom stereocenters. The third kappa shape index (κ3) is 4.74. The van der Waals surface area contributed by atoms with Crippen molar-refractivity contribution in [2.75, 3.05) is 11.9 Å². The van der Waals surface area contributed by atoms with Crippen LogP contribution in [0.1, 0.15) is 70.1 Å². The Labute approximate surface area is 231 Å². The molecule has 10 nitrogen and oxygen atoms in total. The Morgan fingerprint density at radius 3 is 2.54 bits per heavy atom. The summed E-state index contributed by atoms with van der Waals surface area (Å²) in [4.78, 5) is 54.5. The van der Waals surface area contributed by atoms with Crippen LogP contribution in [-0.4, -0.2) is 55.9 Å². The number of benzene rings is 1. The van der Waals surface area contributed by atoms with E-state index in [-0.39, 0.29) is 47.2 Å². The van der Waals surface area contributed by atoms with E-state index in [1.54, 1.807) is 25.3 Å². The molecule has 0 radical (unpaired) electrons. The Balaban J connectivity index is 1.09. The van der Waals surface area contributed by atoms with E-state index in [9.17, 15) is 32.3 Å². The minimum absolute atomic E-state index is 0.0467. The molecular formula is C28H25F3N6O4. The van der Waals surface area contributed by atoms with Gasteiger partial charge in [0.1, 0.15) is 17.6 Å². The quantitative estimate of drug-likeness (QED) is 0.417. The summed E-state index contributed by atoms with van der Waals surface area (Å²) in [7, 11) is 0. The highest BCUT2D eigenvalue weighted by atomic mass is 19.3. The highest BCUT2D eigenvalue weighted by Gasteiger charge is 2.44. The standard InChI is InChI=1S/C28H25F3N6O4/c1-13-6-15(29)11-33-23(13)20-12-36(35-24(20)25(30)31)17-7-14(8-17)10-32-16-2-3-18-19(9-16)28(41)37(27(18)40)21-4-5-22(38)34-26(21)39/h2-3,6,9,11-12,14,17,21,25,32H,4-5,7-8,10H2,1H3,(H,34,38,39)/t14-,17-,21?. The Morgan fingerprint density at radius 1 is 1.07 bits per heavy atom. The zero-order chi connectivity index (χ0) is 29.0. The zero-order valence-corrected chi connectivity index (χ0v) is 21.9. The Kier molecular flexibility index (Phi) is 6.59. The van der Waals surface area contributed by atoms with Crippen molar-refractivity contribution >= 4 is 29.3 Å². The second-order valence-electron chi connectivity index (χ2n) is 10.6. The van der Waals surface area contributed by atoms with Gasteiger partial charge in [-0.15, -0.1) is 0 Å². The lowest BCUT2D eigenvalue weighted by Gasteiger charge is -2.35. The van der Waals surface area contributed by atoms with Crippen molar-refractivity contribution in [3.63, 3.8) is 0 Å². The molecule has 1 aromatic carbocycles. The maximum atomic E-state index is 13.8. The normalized spacial score (nSPS) is 22.2.